The second kappa shape index (κ2) is 10.9. The summed E-state index contributed by atoms with van der Waals surface area (Å²) < 4.78 is 40.2. The first-order valence-corrected chi connectivity index (χ1v) is 8.96. The molecule has 0 saturated heterocycles. The average molecular weight is 409 g/mol. The van der Waals surface area contributed by atoms with Crippen molar-refractivity contribution in [2.75, 3.05) is 20.8 Å². The lowest BCUT2D eigenvalue weighted by Crippen LogP contribution is -2.36. The second-order valence-electron chi connectivity index (χ2n) is 5.90. The van der Waals surface area contributed by atoms with Crippen LogP contribution in [0.5, 0.6) is 23.0 Å². The third-order valence-electron chi connectivity index (χ3n) is 3.97. The molecule has 0 spiro atoms. The van der Waals surface area contributed by atoms with Gasteiger partial charge >= 0.3 is 6.61 Å². The van der Waals surface area contributed by atoms with Crippen LogP contribution in [0.25, 0.3) is 0 Å². The summed E-state index contributed by atoms with van der Waals surface area (Å²) in [5, 5.41) is 16.2. The van der Waals surface area contributed by atoms with Gasteiger partial charge in [-0.2, -0.15) is 8.78 Å². The van der Waals surface area contributed by atoms with Gasteiger partial charge in [0.05, 0.1) is 20.8 Å². The molecule has 0 radical (unpaired) electrons. The van der Waals surface area contributed by atoms with Gasteiger partial charge in [-0.1, -0.05) is 0 Å². The highest BCUT2D eigenvalue weighted by Gasteiger charge is 2.11. The van der Waals surface area contributed by atoms with Crippen LogP contribution in [-0.2, 0) is 13.1 Å². The average Bonchev–Trinajstić information content (AvgIpc) is 2.71. The van der Waals surface area contributed by atoms with E-state index in [1.165, 1.54) is 13.2 Å². The first-order valence-electron chi connectivity index (χ1n) is 8.96. The number of halogens is 2. The molecule has 0 aliphatic rings. The van der Waals surface area contributed by atoms with Crippen LogP contribution in [-0.4, -0.2) is 38.4 Å². The van der Waals surface area contributed by atoms with E-state index in [4.69, 9.17) is 9.47 Å². The van der Waals surface area contributed by atoms with Crippen molar-refractivity contribution in [3.63, 3.8) is 0 Å². The summed E-state index contributed by atoms with van der Waals surface area (Å²) in [4.78, 5) is 4.42. The van der Waals surface area contributed by atoms with Crippen molar-refractivity contribution in [2.24, 2.45) is 4.99 Å². The minimum Gasteiger partial charge on any atom is -0.508 e. The van der Waals surface area contributed by atoms with Gasteiger partial charge in [0.25, 0.3) is 0 Å². The summed E-state index contributed by atoms with van der Waals surface area (Å²) in [5.41, 5.74) is 1.07. The molecule has 2 rings (SSSR count). The largest absolute Gasteiger partial charge is 0.508 e. The number of ether oxygens (including phenoxy) is 3. The Balaban J connectivity index is 2.16. The lowest BCUT2D eigenvalue weighted by atomic mass is 10.2. The van der Waals surface area contributed by atoms with Crippen molar-refractivity contribution in [3.05, 3.63) is 47.5 Å². The fourth-order valence-corrected chi connectivity index (χ4v) is 2.53. The van der Waals surface area contributed by atoms with Crippen LogP contribution in [0.1, 0.15) is 18.1 Å². The summed E-state index contributed by atoms with van der Waals surface area (Å²) in [5.74, 6) is 1.73. The van der Waals surface area contributed by atoms with E-state index in [9.17, 15) is 13.9 Å². The third-order valence-corrected chi connectivity index (χ3v) is 3.97. The monoisotopic (exact) mass is 409 g/mol. The first kappa shape index (κ1) is 22.1. The van der Waals surface area contributed by atoms with Gasteiger partial charge in [0.2, 0.25) is 0 Å². The first-order chi connectivity index (χ1) is 14.0. The van der Waals surface area contributed by atoms with E-state index in [1.54, 1.807) is 37.4 Å². The standard InChI is InChI=1S/C20H25F2N3O4/c1-4-23-20(24-11-13-9-15(27-2)5-7-17(13)26)25-12-14-10-16(28-3)6-8-18(14)29-19(21)22/h5-10,19,26H,4,11-12H2,1-3H3,(H2,23,24,25). The summed E-state index contributed by atoms with van der Waals surface area (Å²) in [6, 6.07) is 9.47. The lowest BCUT2D eigenvalue weighted by molar-refractivity contribution is -0.0504. The number of aromatic hydroxyl groups is 1. The van der Waals surface area contributed by atoms with Gasteiger partial charge in [-0.25, -0.2) is 4.99 Å². The van der Waals surface area contributed by atoms with Crippen LogP contribution in [0.15, 0.2) is 41.4 Å². The molecule has 158 valence electrons. The molecule has 0 atom stereocenters. The molecule has 7 nitrogen and oxygen atoms in total. The number of phenolic OH excluding ortho intramolecular Hbond substituents is 1. The van der Waals surface area contributed by atoms with Crippen molar-refractivity contribution in [1.29, 1.82) is 0 Å². The molecule has 0 saturated carbocycles. The Morgan fingerprint density at radius 1 is 1.03 bits per heavy atom. The Labute approximate surface area is 168 Å². The molecule has 0 amide bonds. The number of methoxy groups -OCH3 is 2. The summed E-state index contributed by atoms with van der Waals surface area (Å²) >= 11 is 0. The van der Waals surface area contributed by atoms with Crippen LogP contribution < -0.4 is 24.8 Å². The highest BCUT2D eigenvalue weighted by atomic mass is 19.3. The van der Waals surface area contributed by atoms with E-state index >= 15 is 0 Å². The van der Waals surface area contributed by atoms with Crippen molar-refractivity contribution < 1.29 is 28.1 Å². The van der Waals surface area contributed by atoms with Gasteiger partial charge in [-0.3, -0.25) is 0 Å². The van der Waals surface area contributed by atoms with E-state index in [1.807, 2.05) is 6.92 Å². The smallest absolute Gasteiger partial charge is 0.387 e. The molecule has 2 aromatic carbocycles. The zero-order valence-electron chi connectivity index (χ0n) is 16.5. The molecule has 0 fully saturated rings. The predicted molar refractivity (Wildman–Crippen MR) is 106 cm³/mol. The maximum atomic E-state index is 12.7. The number of guanidine groups is 1. The van der Waals surface area contributed by atoms with Gasteiger partial charge in [-0.05, 0) is 43.3 Å². The van der Waals surface area contributed by atoms with E-state index in [0.29, 0.717) is 35.1 Å². The summed E-state index contributed by atoms with van der Waals surface area (Å²) in [6.07, 6.45) is 0. The fourth-order valence-electron chi connectivity index (χ4n) is 2.53. The summed E-state index contributed by atoms with van der Waals surface area (Å²) in [7, 11) is 3.03. The molecule has 0 unspecified atom stereocenters. The van der Waals surface area contributed by atoms with Crippen LogP contribution in [0, 0.1) is 0 Å². The Morgan fingerprint density at radius 2 is 1.69 bits per heavy atom. The third kappa shape index (κ3) is 6.70. The zero-order chi connectivity index (χ0) is 21.2. The second-order valence-corrected chi connectivity index (χ2v) is 5.90. The normalized spacial score (nSPS) is 11.3. The Bertz CT molecular complexity index is 831. The Kier molecular flexibility index (Phi) is 8.32. The number of alkyl halides is 2. The number of hydrogen-bond donors (Lipinski definition) is 3. The lowest BCUT2D eigenvalue weighted by Gasteiger charge is -2.14. The molecule has 9 heteroatoms. The van der Waals surface area contributed by atoms with Gasteiger partial charge in [0.1, 0.15) is 23.0 Å². The van der Waals surface area contributed by atoms with E-state index < -0.39 is 6.61 Å². The molecule has 0 bridgehead atoms. The number of hydrogen-bond acceptors (Lipinski definition) is 5. The number of aliphatic imine (C=N–C) groups is 1. The van der Waals surface area contributed by atoms with Crippen molar-refractivity contribution in [1.82, 2.24) is 10.6 Å². The molecule has 29 heavy (non-hydrogen) atoms. The van der Waals surface area contributed by atoms with Gasteiger partial charge < -0.3 is 30.0 Å². The summed E-state index contributed by atoms with van der Waals surface area (Å²) in [6.45, 7) is -0.0778. The predicted octanol–water partition coefficient (Wildman–Crippen LogP) is 3.27. The topological polar surface area (TPSA) is 84.3 Å². The molecule has 0 aromatic heterocycles. The van der Waals surface area contributed by atoms with E-state index in [0.717, 1.165) is 0 Å². The van der Waals surface area contributed by atoms with Crippen LogP contribution in [0.3, 0.4) is 0 Å². The van der Waals surface area contributed by atoms with Crippen molar-refractivity contribution >= 4 is 5.96 Å². The SMILES string of the molecule is CCNC(=NCc1cc(OC)ccc1OC(F)F)NCc1cc(OC)ccc1O. The maximum absolute atomic E-state index is 12.7. The number of nitrogens with one attached hydrogen (secondary N) is 2. The highest BCUT2D eigenvalue weighted by Crippen LogP contribution is 2.26. The van der Waals surface area contributed by atoms with Crippen molar-refractivity contribution in [3.8, 4) is 23.0 Å². The van der Waals surface area contributed by atoms with Gasteiger partial charge in [0, 0.05) is 24.2 Å². The maximum Gasteiger partial charge on any atom is 0.387 e. The van der Waals surface area contributed by atoms with E-state index in [2.05, 4.69) is 20.4 Å². The number of nitrogens with zero attached hydrogens (tertiary/aromatic N) is 1. The zero-order valence-corrected chi connectivity index (χ0v) is 16.5. The fraction of sp³-hybridized carbons (Fsp3) is 0.350. The molecule has 2 aromatic rings. The van der Waals surface area contributed by atoms with Crippen LogP contribution in [0.4, 0.5) is 8.78 Å². The molecular weight excluding hydrogens is 384 g/mol. The molecule has 3 N–H and O–H groups in total. The minimum absolute atomic E-state index is 0.0332. The van der Waals surface area contributed by atoms with E-state index in [-0.39, 0.29) is 24.6 Å². The Hall–Kier alpha value is -3.23. The quantitative estimate of drug-likeness (QED) is 0.436. The minimum atomic E-state index is -2.94. The Morgan fingerprint density at radius 3 is 2.31 bits per heavy atom. The number of phenols is 1. The molecule has 0 aliphatic carbocycles. The molecule has 0 aliphatic heterocycles. The molecular formula is C20H25F2N3O4. The number of rotatable bonds is 9. The van der Waals surface area contributed by atoms with Gasteiger partial charge in [0.15, 0.2) is 5.96 Å². The molecule has 0 heterocycles. The van der Waals surface area contributed by atoms with Crippen LogP contribution in [0.2, 0.25) is 0 Å². The van der Waals surface area contributed by atoms with Crippen molar-refractivity contribution in [2.45, 2.75) is 26.6 Å². The highest BCUT2D eigenvalue weighted by molar-refractivity contribution is 5.79. The van der Waals surface area contributed by atoms with Crippen LogP contribution >= 0.6 is 0 Å². The van der Waals surface area contributed by atoms with Gasteiger partial charge in [-0.15, -0.1) is 0 Å². The number of benzene rings is 2.